The Labute approximate surface area is 197 Å². The molecule has 0 amide bonds. The summed E-state index contributed by atoms with van der Waals surface area (Å²) < 4.78 is 36.7. The van der Waals surface area contributed by atoms with Gasteiger partial charge in [0.15, 0.2) is 0 Å². The summed E-state index contributed by atoms with van der Waals surface area (Å²) in [6.07, 6.45) is 3.16. The van der Waals surface area contributed by atoms with Crippen LogP contribution in [0.3, 0.4) is 0 Å². The van der Waals surface area contributed by atoms with E-state index in [9.17, 15) is 13.2 Å². The van der Waals surface area contributed by atoms with Crippen LogP contribution in [-0.4, -0.2) is 41.5 Å². The molecule has 34 heavy (non-hydrogen) atoms. The number of carboxylic acids is 1. The number of benzene rings is 2. The maximum Gasteiger partial charge on any atom is 0.303 e. The monoisotopic (exact) mass is 477 g/mol. The number of anilines is 1. The van der Waals surface area contributed by atoms with E-state index in [0.29, 0.717) is 17.3 Å². The number of pyridine rings is 1. The van der Waals surface area contributed by atoms with E-state index in [0.717, 1.165) is 16.6 Å². The third-order valence-corrected chi connectivity index (χ3v) is 7.62. The highest BCUT2D eigenvalue weighted by atomic mass is 32.2. The number of hydrogen-bond donors (Lipinski definition) is 1. The van der Waals surface area contributed by atoms with Crippen LogP contribution in [0.2, 0.25) is 0 Å². The van der Waals surface area contributed by atoms with Crippen molar-refractivity contribution in [1.82, 2.24) is 9.38 Å². The summed E-state index contributed by atoms with van der Waals surface area (Å²) >= 11 is 0. The molecule has 1 N–H and O–H groups in total. The smallest absolute Gasteiger partial charge is 0.303 e. The van der Waals surface area contributed by atoms with Crippen molar-refractivity contribution in [1.29, 1.82) is 0 Å². The fourth-order valence-corrected chi connectivity index (χ4v) is 5.78. The topological polar surface area (TPSA) is 101 Å². The molecule has 0 fully saturated rings. The van der Waals surface area contributed by atoms with Crippen LogP contribution in [0.5, 0.6) is 5.75 Å². The average molecular weight is 478 g/mol. The molecule has 2 aromatic carbocycles. The van der Waals surface area contributed by atoms with Gasteiger partial charge in [-0.05, 0) is 61.4 Å². The van der Waals surface area contributed by atoms with Gasteiger partial charge in [0.1, 0.15) is 17.7 Å². The zero-order chi connectivity index (χ0) is 23.9. The molecule has 0 spiro atoms. The minimum absolute atomic E-state index is 0.0162. The van der Waals surface area contributed by atoms with Crippen LogP contribution in [-0.2, 0) is 14.8 Å². The lowest BCUT2D eigenvalue weighted by molar-refractivity contribution is -0.137. The predicted molar refractivity (Wildman–Crippen MR) is 128 cm³/mol. The number of aromatic nitrogens is 2. The Kier molecular flexibility index (Phi) is 5.49. The zero-order valence-electron chi connectivity index (χ0n) is 18.5. The van der Waals surface area contributed by atoms with Crippen molar-refractivity contribution in [3.8, 4) is 17.1 Å². The highest BCUT2D eigenvalue weighted by Gasteiger charge is 2.35. The lowest BCUT2D eigenvalue weighted by atomic mass is 10.1. The number of nitrogens with zero attached hydrogens (tertiary/aromatic N) is 3. The Balaban J connectivity index is 1.61. The van der Waals surface area contributed by atoms with E-state index < -0.39 is 22.1 Å². The first-order chi connectivity index (χ1) is 16.3. The van der Waals surface area contributed by atoms with Gasteiger partial charge in [-0.2, -0.15) is 0 Å². The van der Waals surface area contributed by atoms with Crippen LogP contribution in [0.4, 0.5) is 5.69 Å². The minimum Gasteiger partial charge on any atom is -0.486 e. The van der Waals surface area contributed by atoms with E-state index in [1.165, 1.54) is 4.31 Å². The van der Waals surface area contributed by atoms with Crippen LogP contribution in [0.15, 0.2) is 78.0 Å². The Hall–Kier alpha value is -3.85. The summed E-state index contributed by atoms with van der Waals surface area (Å²) in [5.41, 5.74) is 2.89. The number of hydrogen-bond acceptors (Lipinski definition) is 5. The number of ether oxygens (including phenoxy) is 1. The normalized spacial score (nSPS) is 15.7. The Morgan fingerprint density at radius 2 is 2.00 bits per heavy atom. The van der Waals surface area contributed by atoms with Gasteiger partial charge in [-0.3, -0.25) is 13.5 Å². The molecule has 0 unspecified atom stereocenters. The zero-order valence-corrected chi connectivity index (χ0v) is 19.3. The summed E-state index contributed by atoms with van der Waals surface area (Å²) in [6.45, 7) is 1.85. The van der Waals surface area contributed by atoms with Crippen molar-refractivity contribution in [2.24, 2.45) is 0 Å². The molecule has 0 saturated carbocycles. The number of carboxylic acid groups (broad SMARTS) is 1. The third kappa shape index (κ3) is 3.99. The minimum atomic E-state index is -3.92. The summed E-state index contributed by atoms with van der Waals surface area (Å²) in [6, 6.07) is 17.8. The molecule has 5 rings (SSSR count). The lowest BCUT2D eigenvalue weighted by Gasteiger charge is -2.35. The second-order valence-electron chi connectivity index (χ2n) is 8.28. The summed E-state index contributed by atoms with van der Waals surface area (Å²) in [5.74, 6) is 0.116. The Bertz CT molecular complexity index is 1500. The first-order valence-electron chi connectivity index (χ1n) is 10.9. The second-order valence-corrected chi connectivity index (χ2v) is 10.1. The number of fused-ring (bicyclic) bond motifs is 2. The molecular weight excluding hydrogens is 454 g/mol. The van der Waals surface area contributed by atoms with Crippen molar-refractivity contribution < 1.29 is 23.1 Å². The van der Waals surface area contributed by atoms with Crippen molar-refractivity contribution in [2.45, 2.75) is 30.8 Å². The third-order valence-electron chi connectivity index (χ3n) is 5.85. The molecule has 4 aromatic rings. The van der Waals surface area contributed by atoms with Gasteiger partial charge in [0.25, 0.3) is 10.0 Å². The van der Waals surface area contributed by atoms with Crippen molar-refractivity contribution >= 4 is 27.2 Å². The quantitative estimate of drug-likeness (QED) is 0.448. The average Bonchev–Trinajstić information content (AvgIpc) is 3.26. The molecule has 0 bridgehead atoms. The van der Waals surface area contributed by atoms with Crippen LogP contribution >= 0.6 is 0 Å². The van der Waals surface area contributed by atoms with Crippen LogP contribution < -0.4 is 9.04 Å². The molecular formula is C25H23N3O5S. The number of sulfonamides is 1. The standard InChI is InChI=1S/C25H23N3O5S/c1-17-5-4-7-21(13-17)34(31,32)28-16-20(9-11-24(29)30)33-23-10-8-18(14-22(23)28)25-26-15-19-6-2-3-12-27(19)25/h2-8,10,12-15,20H,9,11,16H2,1H3,(H,29,30)/t20-/m0/s1. The number of aliphatic carboxylic acids is 1. The van der Waals surface area contributed by atoms with Gasteiger partial charge >= 0.3 is 5.97 Å². The molecule has 0 radical (unpaired) electrons. The van der Waals surface area contributed by atoms with E-state index in [2.05, 4.69) is 4.98 Å². The molecule has 174 valence electrons. The van der Waals surface area contributed by atoms with Crippen molar-refractivity contribution in [2.75, 3.05) is 10.8 Å². The first-order valence-corrected chi connectivity index (χ1v) is 12.3. The molecule has 0 saturated heterocycles. The van der Waals surface area contributed by atoms with E-state index in [-0.39, 0.29) is 24.3 Å². The maximum atomic E-state index is 13.7. The molecule has 0 aliphatic carbocycles. The van der Waals surface area contributed by atoms with E-state index in [1.807, 2.05) is 47.9 Å². The highest BCUT2D eigenvalue weighted by Crippen LogP contribution is 2.40. The number of aryl methyl sites for hydroxylation is 1. The summed E-state index contributed by atoms with van der Waals surface area (Å²) in [7, 11) is -3.92. The predicted octanol–water partition coefficient (Wildman–Crippen LogP) is 4.13. The molecule has 1 atom stereocenters. The van der Waals surface area contributed by atoms with Gasteiger partial charge in [0.2, 0.25) is 0 Å². The van der Waals surface area contributed by atoms with Gasteiger partial charge in [-0.1, -0.05) is 18.2 Å². The number of imidazole rings is 1. The fraction of sp³-hybridized carbons (Fsp3) is 0.200. The van der Waals surface area contributed by atoms with Crippen LogP contribution in [0.25, 0.3) is 16.9 Å². The van der Waals surface area contributed by atoms with Gasteiger partial charge in [-0.25, -0.2) is 13.4 Å². The second kappa shape index (κ2) is 8.49. The Morgan fingerprint density at radius 3 is 2.79 bits per heavy atom. The number of carbonyl (C=O) groups is 1. The molecule has 3 heterocycles. The molecule has 1 aliphatic rings. The van der Waals surface area contributed by atoms with Crippen molar-refractivity contribution in [3.05, 3.63) is 78.6 Å². The van der Waals surface area contributed by atoms with Gasteiger partial charge in [-0.15, -0.1) is 0 Å². The largest absolute Gasteiger partial charge is 0.486 e. The van der Waals surface area contributed by atoms with E-state index >= 15 is 0 Å². The molecule has 1 aliphatic heterocycles. The highest BCUT2D eigenvalue weighted by molar-refractivity contribution is 7.92. The fourth-order valence-electron chi connectivity index (χ4n) is 4.17. The molecule has 8 nitrogen and oxygen atoms in total. The number of rotatable bonds is 6. The first kappa shape index (κ1) is 22.0. The van der Waals surface area contributed by atoms with E-state index in [4.69, 9.17) is 9.84 Å². The van der Waals surface area contributed by atoms with Crippen LogP contribution in [0.1, 0.15) is 18.4 Å². The van der Waals surface area contributed by atoms with Gasteiger partial charge in [0, 0.05) is 18.2 Å². The van der Waals surface area contributed by atoms with Gasteiger partial charge < -0.3 is 9.84 Å². The summed E-state index contributed by atoms with van der Waals surface area (Å²) in [5, 5.41) is 9.11. The maximum absolute atomic E-state index is 13.7. The SMILES string of the molecule is Cc1cccc(S(=O)(=O)N2C[C@H](CCC(=O)O)Oc3ccc(-c4ncc5ccccn45)cc32)c1. The lowest BCUT2D eigenvalue weighted by Crippen LogP contribution is -2.43. The Morgan fingerprint density at radius 1 is 1.15 bits per heavy atom. The summed E-state index contributed by atoms with van der Waals surface area (Å²) in [4.78, 5) is 15.8. The molecule has 2 aromatic heterocycles. The van der Waals surface area contributed by atoms with E-state index in [1.54, 1.807) is 36.5 Å². The van der Waals surface area contributed by atoms with Crippen molar-refractivity contribution in [3.63, 3.8) is 0 Å². The molecule has 9 heteroatoms. The van der Waals surface area contributed by atoms with Gasteiger partial charge in [0.05, 0.1) is 28.8 Å². The van der Waals surface area contributed by atoms with Crippen LogP contribution in [0, 0.1) is 6.92 Å².